The van der Waals surface area contributed by atoms with E-state index < -0.39 is 0 Å². The van der Waals surface area contributed by atoms with E-state index in [2.05, 4.69) is 5.16 Å². The molecule has 3 nitrogen and oxygen atoms in total. The highest BCUT2D eigenvalue weighted by atomic mass is 16.6. The van der Waals surface area contributed by atoms with E-state index in [-0.39, 0.29) is 0 Å². The lowest BCUT2D eigenvalue weighted by Crippen LogP contribution is -2.03. The summed E-state index contributed by atoms with van der Waals surface area (Å²) < 4.78 is 0. The highest BCUT2D eigenvalue weighted by molar-refractivity contribution is 6.04. The quantitative estimate of drug-likeness (QED) is 0.437. The molecular weight excluding hydrogens is 164 g/mol. The van der Waals surface area contributed by atoms with E-state index in [4.69, 9.17) is 10.6 Å². The van der Waals surface area contributed by atoms with Gasteiger partial charge in [-0.2, -0.15) is 0 Å². The van der Waals surface area contributed by atoms with Gasteiger partial charge in [0, 0.05) is 11.3 Å². The van der Waals surface area contributed by atoms with Crippen LogP contribution in [0.15, 0.2) is 29.4 Å². The fraction of sp³-hybridized carbons (Fsp3) is 0.300. The fourth-order valence-electron chi connectivity index (χ4n) is 1.17. The normalized spacial score (nSPS) is 11.4. The van der Waals surface area contributed by atoms with Crippen LogP contribution in [0.2, 0.25) is 0 Å². The van der Waals surface area contributed by atoms with Gasteiger partial charge in [0.25, 0.3) is 0 Å². The molecule has 0 spiro atoms. The molecule has 1 rings (SSSR count). The summed E-state index contributed by atoms with van der Waals surface area (Å²) >= 11 is 0. The highest BCUT2D eigenvalue weighted by Gasteiger charge is 2.04. The second kappa shape index (κ2) is 4.50. The lowest BCUT2D eigenvalue weighted by Gasteiger charge is -2.05. The third-order valence-electron chi connectivity index (χ3n) is 1.81. The number of hydrogen-bond donors (Lipinski definition) is 1. The van der Waals surface area contributed by atoms with E-state index in [1.54, 1.807) is 0 Å². The van der Waals surface area contributed by atoms with Crippen LogP contribution < -0.4 is 5.73 Å². The average molecular weight is 178 g/mol. The Morgan fingerprint density at radius 1 is 1.46 bits per heavy atom. The molecule has 1 aromatic carbocycles. The van der Waals surface area contributed by atoms with Gasteiger partial charge < -0.3 is 10.6 Å². The van der Waals surface area contributed by atoms with Crippen molar-refractivity contribution in [3.8, 4) is 0 Å². The van der Waals surface area contributed by atoms with Crippen LogP contribution in [0, 0.1) is 0 Å². The molecule has 2 N–H and O–H groups in total. The Morgan fingerprint density at radius 3 is 2.69 bits per heavy atom. The van der Waals surface area contributed by atoms with Gasteiger partial charge in [0.05, 0.1) is 5.71 Å². The Kier molecular flexibility index (Phi) is 3.31. The predicted molar refractivity (Wildman–Crippen MR) is 54.7 cm³/mol. The van der Waals surface area contributed by atoms with Crippen LogP contribution in [0.1, 0.15) is 18.9 Å². The molecule has 0 fully saturated rings. The zero-order valence-corrected chi connectivity index (χ0v) is 7.95. The number of para-hydroxylation sites is 1. The van der Waals surface area contributed by atoms with Crippen LogP contribution in [0.3, 0.4) is 0 Å². The number of nitrogens with zero attached hydrogens (tertiary/aromatic N) is 1. The van der Waals surface area contributed by atoms with Crippen LogP contribution in [-0.2, 0) is 4.84 Å². The molecule has 0 aliphatic carbocycles. The van der Waals surface area contributed by atoms with Crippen molar-refractivity contribution in [1.29, 1.82) is 0 Å². The maximum Gasteiger partial charge on any atom is 0.106 e. The first-order valence-electron chi connectivity index (χ1n) is 4.24. The smallest absolute Gasteiger partial charge is 0.106 e. The van der Waals surface area contributed by atoms with Gasteiger partial charge in [-0.05, 0) is 12.5 Å². The Hall–Kier alpha value is -1.51. The molecule has 0 unspecified atom stereocenters. The molecule has 0 amide bonds. The molecule has 0 aromatic heterocycles. The fourth-order valence-corrected chi connectivity index (χ4v) is 1.17. The van der Waals surface area contributed by atoms with Crippen LogP contribution in [0.4, 0.5) is 5.69 Å². The molecule has 13 heavy (non-hydrogen) atoms. The van der Waals surface area contributed by atoms with Gasteiger partial charge in [-0.15, -0.1) is 0 Å². The summed E-state index contributed by atoms with van der Waals surface area (Å²) in [5, 5.41) is 3.91. The number of oxime groups is 1. The second-order valence-corrected chi connectivity index (χ2v) is 2.66. The molecular formula is C10H14N2O. The molecule has 0 aliphatic rings. The van der Waals surface area contributed by atoms with Crippen molar-refractivity contribution < 1.29 is 4.84 Å². The second-order valence-electron chi connectivity index (χ2n) is 2.66. The predicted octanol–water partition coefficient (Wildman–Crippen LogP) is 2.03. The summed E-state index contributed by atoms with van der Waals surface area (Å²) in [5.74, 6) is 0. The van der Waals surface area contributed by atoms with E-state index >= 15 is 0 Å². The number of benzene rings is 1. The van der Waals surface area contributed by atoms with E-state index in [0.717, 1.165) is 23.4 Å². The number of rotatable bonds is 3. The average Bonchev–Trinajstić information content (AvgIpc) is 2.16. The molecule has 0 radical (unpaired) electrons. The topological polar surface area (TPSA) is 47.6 Å². The molecule has 0 saturated heterocycles. The Balaban J connectivity index is 3.05. The van der Waals surface area contributed by atoms with Crippen molar-refractivity contribution in [2.75, 3.05) is 12.8 Å². The van der Waals surface area contributed by atoms with Gasteiger partial charge in [0.1, 0.15) is 7.11 Å². The van der Waals surface area contributed by atoms with Crippen molar-refractivity contribution in [3.63, 3.8) is 0 Å². The van der Waals surface area contributed by atoms with Gasteiger partial charge in [-0.25, -0.2) is 0 Å². The Morgan fingerprint density at radius 2 is 2.15 bits per heavy atom. The van der Waals surface area contributed by atoms with Crippen molar-refractivity contribution in [2.45, 2.75) is 13.3 Å². The van der Waals surface area contributed by atoms with Crippen LogP contribution in [-0.4, -0.2) is 12.8 Å². The third kappa shape index (κ3) is 2.21. The SMILES string of the molecule is CCC(=NOC)c1ccccc1N. The Labute approximate surface area is 78.2 Å². The molecule has 0 atom stereocenters. The number of anilines is 1. The molecule has 1 aromatic rings. The molecule has 70 valence electrons. The molecule has 0 saturated carbocycles. The monoisotopic (exact) mass is 178 g/mol. The minimum absolute atomic E-state index is 0.736. The van der Waals surface area contributed by atoms with Crippen LogP contribution in [0.25, 0.3) is 0 Å². The molecule has 0 bridgehead atoms. The van der Waals surface area contributed by atoms with Crippen molar-refractivity contribution in [1.82, 2.24) is 0 Å². The van der Waals surface area contributed by atoms with Gasteiger partial charge >= 0.3 is 0 Å². The lowest BCUT2D eigenvalue weighted by atomic mass is 10.1. The maximum atomic E-state index is 5.79. The lowest BCUT2D eigenvalue weighted by molar-refractivity contribution is 0.213. The Bertz CT molecular complexity index is 308. The molecule has 0 heterocycles. The standard InChI is InChI=1S/C10H14N2O/c1-3-10(12-13-2)8-6-4-5-7-9(8)11/h4-7H,3,11H2,1-2H3. The van der Waals surface area contributed by atoms with Crippen LogP contribution >= 0.6 is 0 Å². The largest absolute Gasteiger partial charge is 0.399 e. The highest BCUT2D eigenvalue weighted by Crippen LogP contribution is 2.13. The number of nitrogens with two attached hydrogens (primary N) is 1. The first-order valence-corrected chi connectivity index (χ1v) is 4.24. The summed E-state index contributed by atoms with van der Waals surface area (Å²) in [6, 6.07) is 7.64. The van der Waals surface area contributed by atoms with Gasteiger partial charge in [-0.1, -0.05) is 30.3 Å². The van der Waals surface area contributed by atoms with Gasteiger partial charge in [0.15, 0.2) is 0 Å². The van der Waals surface area contributed by atoms with Crippen molar-refractivity contribution in [3.05, 3.63) is 29.8 Å². The third-order valence-corrected chi connectivity index (χ3v) is 1.81. The van der Waals surface area contributed by atoms with Gasteiger partial charge in [-0.3, -0.25) is 0 Å². The molecule has 3 heteroatoms. The van der Waals surface area contributed by atoms with E-state index in [1.807, 2.05) is 31.2 Å². The van der Waals surface area contributed by atoms with E-state index in [1.165, 1.54) is 7.11 Å². The minimum atomic E-state index is 0.736. The van der Waals surface area contributed by atoms with E-state index in [0.29, 0.717) is 0 Å². The molecule has 0 aliphatic heterocycles. The summed E-state index contributed by atoms with van der Waals surface area (Å²) in [6.45, 7) is 2.02. The summed E-state index contributed by atoms with van der Waals surface area (Å²) in [4.78, 5) is 4.74. The van der Waals surface area contributed by atoms with Crippen molar-refractivity contribution >= 4 is 11.4 Å². The minimum Gasteiger partial charge on any atom is -0.399 e. The first-order chi connectivity index (χ1) is 6.29. The zero-order chi connectivity index (χ0) is 9.68. The van der Waals surface area contributed by atoms with Gasteiger partial charge in [0.2, 0.25) is 0 Å². The summed E-state index contributed by atoms with van der Waals surface area (Å²) in [7, 11) is 1.54. The number of nitrogen functional groups attached to an aromatic ring is 1. The number of hydrogen-bond acceptors (Lipinski definition) is 3. The summed E-state index contributed by atoms with van der Waals surface area (Å²) in [6.07, 6.45) is 0.808. The van der Waals surface area contributed by atoms with Crippen molar-refractivity contribution in [2.24, 2.45) is 5.16 Å². The van der Waals surface area contributed by atoms with Crippen LogP contribution in [0.5, 0.6) is 0 Å². The maximum absolute atomic E-state index is 5.79. The zero-order valence-electron chi connectivity index (χ0n) is 7.95. The first kappa shape index (κ1) is 9.58. The summed E-state index contributed by atoms with van der Waals surface area (Å²) in [5.41, 5.74) is 8.35. The van der Waals surface area contributed by atoms with E-state index in [9.17, 15) is 0 Å².